The Balaban J connectivity index is 2.22. The van der Waals surface area contributed by atoms with Gasteiger partial charge in [-0.1, -0.05) is 13.8 Å². The quantitative estimate of drug-likeness (QED) is 0.575. The second-order valence-corrected chi connectivity index (χ2v) is 6.90. The maximum absolute atomic E-state index is 5.83. The Morgan fingerprint density at radius 1 is 1.56 bits per heavy atom. The Kier molecular flexibility index (Phi) is 5.46. The van der Waals surface area contributed by atoms with Gasteiger partial charge in [-0.3, -0.25) is 4.99 Å². The van der Waals surface area contributed by atoms with Gasteiger partial charge in [-0.05, 0) is 37.9 Å². The molecule has 3 N–H and O–H groups in total. The van der Waals surface area contributed by atoms with Gasteiger partial charge in [0, 0.05) is 11.3 Å². The molecule has 1 aliphatic heterocycles. The van der Waals surface area contributed by atoms with E-state index in [-0.39, 0.29) is 0 Å². The third-order valence-corrected chi connectivity index (χ3v) is 4.44. The summed E-state index contributed by atoms with van der Waals surface area (Å²) in [5.74, 6) is 2.59. The van der Waals surface area contributed by atoms with Gasteiger partial charge in [0.1, 0.15) is 0 Å². The van der Waals surface area contributed by atoms with Gasteiger partial charge in [-0.15, -0.1) is 0 Å². The van der Waals surface area contributed by atoms with Crippen molar-refractivity contribution >= 4 is 17.7 Å². The Bertz CT molecular complexity index is 232. The maximum Gasteiger partial charge on any atom is 0.188 e. The van der Waals surface area contributed by atoms with Crippen molar-refractivity contribution in [3.8, 4) is 0 Å². The number of aliphatic imine (C=N–C) groups is 1. The molecule has 0 bridgehead atoms. The summed E-state index contributed by atoms with van der Waals surface area (Å²) in [6.07, 6.45) is 3.72. The summed E-state index contributed by atoms with van der Waals surface area (Å²) in [6, 6.07) is 0. The Morgan fingerprint density at radius 2 is 2.31 bits per heavy atom. The average molecular weight is 243 g/mol. The van der Waals surface area contributed by atoms with E-state index in [0.717, 1.165) is 19.5 Å². The summed E-state index contributed by atoms with van der Waals surface area (Å²) < 4.78 is 0.324. The van der Waals surface area contributed by atoms with Crippen LogP contribution in [0.1, 0.15) is 40.0 Å². The van der Waals surface area contributed by atoms with E-state index in [4.69, 9.17) is 5.73 Å². The fourth-order valence-electron chi connectivity index (χ4n) is 1.76. The molecule has 0 aromatic heterocycles. The molecule has 4 heteroatoms. The summed E-state index contributed by atoms with van der Waals surface area (Å²) >= 11 is 2.02. The van der Waals surface area contributed by atoms with Crippen LogP contribution in [-0.2, 0) is 0 Å². The van der Waals surface area contributed by atoms with Crippen molar-refractivity contribution in [2.24, 2.45) is 16.6 Å². The fraction of sp³-hybridized carbons (Fsp3) is 0.917. The molecule has 3 nitrogen and oxygen atoms in total. The van der Waals surface area contributed by atoms with Gasteiger partial charge in [0.15, 0.2) is 5.96 Å². The van der Waals surface area contributed by atoms with Gasteiger partial charge in [0.2, 0.25) is 0 Å². The van der Waals surface area contributed by atoms with Crippen LogP contribution in [0.3, 0.4) is 0 Å². The first-order valence-electron chi connectivity index (χ1n) is 6.19. The molecule has 94 valence electrons. The smallest absolute Gasteiger partial charge is 0.188 e. The van der Waals surface area contributed by atoms with E-state index in [9.17, 15) is 0 Å². The van der Waals surface area contributed by atoms with E-state index in [1.807, 2.05) is 11.8 Å². The van der Waals surface area contributed by atoms with Crippen molar-refractivity contribution < 1.29 is 0 Å². The lowest BCUT2D eigenvalue weighted by Crippen LogP contribution is -2.34. The highest BCUT2D eigenvalue weighted by Crippen LogP contribution is 2.37. The second-order valence-electron chi connectivity index (χ2n) is 5.21. The first-order chi connectivity index (χ1) is 7.52. The van der Waals surface area contributed by atoms with E-state index in [1.54, 1.807) is 0 Å². The molecule has 0 radical (unpaired) electrons. The number of hydrogen-bond acceptors (Lipinski definition) is 2. The van der Waals surface area contributed by atoms with Gasteiger partial charge < -0.3 is 11.1 Å². The summed E-state index contributed by atoms with van der Waals surface area (Å²) in [7, 11) is 0. The number of hydrogen-bond donors (Lipinski definition) is 2. The standard InChI is InChI=1S/C12H25N3S/c1-10(2)5-7-14-11(13)15-9-12(3)6-4-8-16-12/h10H,4-9H2,1-3H3,(H3,13,14,15). The zero-order chi connectivity index (χ0) is 12.0. The third kappa shape index (κ3) is 5.10. The van der Waals surface area contributed by atoms with Gasteiger partial charge in [-0.25, -0.2) is 0 Å². The largest absolute Gasteiger partial charge is 0.370 e. The highest BCUT2D eigenvalue weighted by atomic mass is 32.2. The molecule has 1 saturated heterocycles. The normalized spacial score (nSPS) is 26.4. The van der Waals surface area contributed by atoms with E-state index in [1.165, 1.54) is 18.6 Å². The number of nitrogens with one attached hydrogen (secondary N) is 1. The molecule has 0 amide bonds. The molecule has 1 atom stereocenters. The first kappa shape index (κ1) is 13.7. The molecule has 0 saturated carbocycles. The van der Waals surface area contributed by atoms with Gasteiger partial charge in [0.05, 0.1) is 6.54 Å². The summed E-state index contributed by atoms with van der Waals surface area (Å²) in [4.78, 5) is 4.44. The second kappa shape index (κ2) is 6.38. The number of guanidine groups is 1. The molecule has 0 aromatic carbocycles. The van der Waals surface area contributed by atoms with Crippen molar-refractivity contribution in [1.82, 2.24) is 5.32 Å². The summed E-state index contributed by atoms with van der Waals surface area (Å²) in [6.45, 7) is 8.49. The van der Waals surface area contributed by atoms with Crippen LogP contribution in [-0.4, -0.2) is 29.5 Å². The summed E-state index contributed by atoms with van der Waals surface area (Å²) in [5.41, 5.74) is 5.83. The third-order valence-electron chi connectivity index (χ3n) is 2.91. The van der Waals surface area contributed by atoms with Crippen LogP contribution in [0, 0.1) is 5.92 Å². The highest BCUT2D eigenvalue weighted by molar-refractivity contribution is 8.00. The zero-order valence-electron chi connectivity index (χ0n) is 10.8. The molecule has 1 unspecified atom stereocenters. The number of nitrogens with zero attached hydrogens (tertiary/aromatic N) is 1. The lowest BCUT2D eigenvalue weighted by molar-refractivity contribution is 0.574. The zero-order valence-corrected chi connectivity index (χ0v) is 11.6. The van der Waals surface area contributed by atoms with Crippen LogP contribution < -0.4 is 11.1 Å². The Hall–Kier alpha value is -0.380. The minimum Gasteiger partial charge on any atom is -0.370 e. The molecule has 1 fully saturated rings. The predicted molar refractivity (Wildman–Crippen MR) is 74.0 cm³/mol. The van der Waals surface area contributed by atoms with Gasteiger partial charge in [0.25, 0.3) is 0 Å². The van der Waals surface area contributed by atoms with Gasteiger partial charge >= 0.3 is 0 Å². The lowest BCUT2D eigenvalue weighted by Gasteiger charge is -2.20. The number of thioether (sulfide) groups is 1. The fourth-order valence-corrected chi connectivity index (χ4v) is 2.98. The SMILES string of the molecule is CC(C)CCNC(N)=NCC1(C)CCCS1. The van der Waals surface area contributed by atoms with E-state index >= 15 is 0 Å². The Morgan fingerprint density at radius 3 is 2.88 bits per heavy atom. The van der Waals surface area contributed by atoms with E-state index in [2.05, 4.69) is 31.1 Å². The molecule has 0 aromatic rings. The summed E-state index contributed by atoms with van der Waals surface area (Å²) in [5, 5.41) is 3.17. The van der Waals surface area contributed by atoms with Crippen LogP contribution in [0.25, 0.3) is 0 Å². The highest BCUT2D eigenvalue weighted by Gasteiger charge is 2.28. The lowest BCUT2D eigenvalue weighted by atomic mass is 10.1. The first-order valence-corrected chi connectivity index (χ1v) is 7.18. The Labute approximate surface area is 104 Å². The van der Waals surface area contributed by atoms with Crippen molar-refractivity contribution in [1.29, 1.82) is 0 Å². The maximum atomic E-state index is 5.83. The molecule has 1 aliphatic rings. The van der Waals surface area contributed by atoms with E-state index in [0.29, 0.717) is 16.6 Å². The molecular formula is C12H25N3S. The molecular weight excluding hydrogens is 218 g/mol. The molecule has 0 spiro atoms. The number of rotatable bonds is 5. The average Bonchev–Trinajstić information content (AvgIpc) is 2.62. The number of nitrogens with two attached hydrogens (primary N) is 1. The van der Waals surface area contributed by atoms with Crippen molar-refractivity contribution in [3.63, 3.8) is 0 Å². The van der Waals surface area contributed by atoms with Crippen LogP contribution in [0.2, 0.25) is 0 Å². The van der Waals surface area contributed by atoms with Crippen molar-refractivity contribution in [2.45, 2.75) is 44.8 Å². The predicted octanol–water partition coefficient (Wildman–Crippen LogP) is 2.22. The van der Waals surface area contributed by atoms with Crippen molar-refractivity contribution in [3.05, 3.63) is 0 Å². The molecule has 16 heavy (non-hydrogen) atoms. The van der Waals surface area contributed by atoms with Crippen LogP contribution in [0.5, 0.6) is 0 Å². The molecule has 1 rings (SSSR count). The van der Waals surface area contributed by atoms with E-state index < -0.39 is 0 Å². The van der Waals surface area contributed by atoms with Crippen LogP contribution in [0.4, 0.5) is 0 Å². The van der Waals surface area contributed by atoms with Crippen LogP contribution in [0.15, 0.2) is 4.99 Å². The molecule has 1 heterocycles. The minimum absolute atomic E-state index is 0.324. The van der Waals surface area contributed by atoms with Crippen molar-refractivity contribution in [2.75, 3.05) is 18.8 Å². The minimum atomic E-state index is 0.324. The van der Waals surface area contributed by atoms with Gasteiger partial charge in [-0.2, -0.15) is 11.8 Å². The monoisotopic (exact) mass is 243 g/mol. The van der Waals surface area contributed by atoms with Crippen LogP contribution >= 0.6 is 11.8 Å². The molecule has 0 aliphatic carbocycles. The topological polar surface area (TPSA) is 50.4 Å².